The monoisotopic (exact) mass is 506 g/mol. The first kappa shape index (κ1) is 25.0. The Morgan fingerprint density at radius 1 is 1.19 bits per heavy atom. The topological polar surface area (TPSA) is 114 Å². The molecule has 1 aromatic heterocycles. The van der Waals surface area contributed by atoms with Crippen LogP contribution in [-0.2, 0) is 16.1 Å². The maximum Gasteiger partial charge on any atom is 0.288 e. The molecule has 0 bridgehead atoms. The van der Waals surface area contributed by atoms with Crippen LogP contribution in [0.15, 0.2) is 67.0 Å². The van der Waals surface area contributed by atoms with Gasteiger partial charge < -0.3 is 4.90 Å². The molecule has 1 aliphatic rings. The van der Waals surface area contributed by atoms with Crippen LogP contribution in [-0.4, -0.2) is 38.6 Å². The summed E-state index contributed by atoms with van der Waals surface area (Å²) >= 11 is 5.91. The number of carbonyl (C=O) groups excluding carboxylic acids is 3. The van der Waals surface area contributed by atoms with E-state index in [1.807, 2.05) is 26.0 Å². The Morgan fingerprint density at radius 2 is 1.92 bits per heavy atom. The van der Waals surface area contributed by atoms with Crippen LogP contribution < -0.4 is 4.90 Å². The molecule has 0 radical (unpaired) electrons. The number of imide groups is 1. The second-order valence-electron chi connectivity index (χ2n) is 8.75. The van der Waals surface area contributed by atoms with Gasteiger partial charge in [-0.2, -0.15) is 0 Å². The molecule has 3 amide bonds. The number of hydrogen-bond acceptors (Lipinski definition) is 6. The number of halogens is 1. The van der Waals surface area contributed by atoms with Gasteiger partial charge in [-0.15, -0.1) is 0 Å². The number of amides is 3. The Morgan fingerprint density at radius 3 is 2.53 bits per heavy atom. The molecule has 0 aliphatic carbocycles. The average Bonchev–Trinajstić information content (AvgIpc) is 3.16. The lowest BCUT2D eigenvalue weighted by Gasteiger charge is -2.28. The highest BCUT2D eigenvalue weighted by molar-refractivity contribution is 6.32. The number of pyridine rings is 1. The molecule has 10 heteroatoms. The van der Waals surface area contributed by atoms with Crippen LogP contribution in [0.3, 0.4) is 0 Å². The zero-order valence-electron chi connectivity index (χ0n) is 19.6. The molecular formula is C26H23ClN4O5. The third-order valence-electron chi connectivity index (χ3n) is 6.04. The smallest absolute Gasteiger partial charge is 0.288 e. The summed E-state index contributed by atoms with van der Waals surface area (Å²) in [6.07, 6.45) is 2.91. The second-order valence-corrected chi connectivity index (χ2v) is 9.16. The zero-order chi connectivity index (χ0) is 26.0. The minimum absolute atomic E-state index is 0.0185. The van der Waals surface area contributed by atoms with Crippen molar-refractivity contribution in [3.05, 3.63) is 98.8 Å². The Balaban J connectivity index is 1.70. The van der Waals surface area contributed by atoms with Crippen molar-refractivity contribution >= 4 is 40.7 Å². The van der Waals surface area contributed by atoms with E-state index in [0.29, 0.717) is 11.3 Å². The van der Waals surface area contributed by atoms with Crippen LogP contribution >= 0.6 is 11.6 Å². The number of aromatic nitrogens is 1. The lowest BCUT2D eigenvalue weighted by atomic mass is 10.0. The third kappa shape index (κ3) is 4.96. The number of anilines is 1. The third-order valence-corrected chi connectivity index (χ3v) is 6.36. The van der Waals surface area contributed by atoms with Gasteiger partial charge in [0.05, 0.1) is 17.0 Å². The van der Waals surface area contributed by atoms with E-state index in [1.165, 1.54) is 17.0 Å². The van der Waals surface area contributed by atoms with Crippen LogP contribution in [0.5, 0.6) is 0 Å². The summed E-state index contributed by atoms with van der Waals surface area (Å²) in [7, 11) is 0. The van der Waals surface area contributed by atoms with Crippen LogP contribution in [0.2, 0.25) is 5.02 Å². The lowest BCUT2D eigenvalue weighted by Crippen LogP contribution is -2.45. The van der Waals surface area contributed by atoms with Crippen molar-refractivity contribution in [3.8, 4) is 0 Å². The fourth-order valence-corrected chi connectivity index (χ4v) is 4.29. The highest BCUT2D eigenvalue weighted by atomic mass is 35.5. The van der Waals surface area contributed by atoms with Crippen LogP contribution in [0.4, 0.5) is 11.4 Å². The van der Waals surface area contributed by atoms with E-state index in [-0.39, 0.29) is 29.5 Å². The Kier molecular flexibility index (Phi) is 7.12. The number of nitrogens with zero attached hydrogens (tertiary/aromatic N) is 4. The fourth-order valence-electron chi connectivity index (χ4n) is 4.10. The van der Waals surface area contributed by atoms with Crippen molar-refractivity contribution in [2.45, 2.75) is 38.8 Å². The van der Waals surface area contributed by atoms with Crippen molar-refractivity contribution in [1.82, 2.24) is 9.88 Å². The molecule has 184 valence electrons. The van der Waals surface area contributed by atoms with Gasteiger partial charge in [-0.05, 0) is 47.4 Å². The predicted octanol–water partition coefficient (Wildman–Crippen LogP) is 4.74. The van der Waals surface area contributed by atoms with Gasteiger partial charge in [0, 0.05) is 30.6 Å². The number of benzene rings is 2. The first-order valence-electron chi connectivity index (χ1n) is 11.3. The highest BCUT2D eigenvalue weighted by Gasteiger charge is 2.44. The largest absolute Gasteiger partial charge is 0.322 e. The molecule has 1 saturated heterocycles. The van der Waals surface area contributed by atoms with E-state index in [1.54, 1.807) is 36.7 Å². The summed E-state index contributed by atoms with van der Waals surface area (Å²) < 4.78 is 0. The molecule has 36 heavy (non-hydrogen) atoms. The van der Waals surface area contributed by atoms with Crippen molar-refractivity contribution < 1.29 is 19.3 Å². The average molecular weight is 507 g/mol. The molecule has 1 atom stereocenters. The summed E-state index contributed by atoms with van der Waals surface area (Å²) in [6.45, 7) is 4.06. The molecule has 0 N–H and O–H groups in total. The lowest BCUT2D eigenvalue weighted by molar-refractivity contribution is -0.384. The maximum absolute atomic E-state index is 13.6. The molecular weight excluding hydrogens is 484 g/mol. The summed E-state index contributed by atoms with van der Waals surface area (Å²) in [4.78, 5) is 57.1. The normalized spacial score (nSPS) is 15.4. The maximum atomic E-state index is 13.6. The van der Waals surface area contributed by atoms with Crippen molar-refractivity contribution in [2.24, 2.45) is 0 Å². The van der Waals surface area contributed by atoms with Crippen LogP contribution in [0, 0.1) is 10.1 Å². The van der Waals surface area contributed by atoms with Gasteiger partial charge in [-0.1, -0.05) is 43.6 Å². The minimum Gasteiger partial charge on any atom is -0.322 e. The van der Waals surface area contributed by atoms with Crippen molar-refractivity contribution in [1.29, 1.82) is 0 Å². The SMILES string of the molecule is CC(C)c1ccc(N2C(=O)CC(N(Cc3cccnc3)C(=O)c3ccc(Cl)c([N+](=O)[O-])c3)C2=O)cc1. The molecule has 0 spiro atoms. The summed E-state index contributed by atoms with van der Waals surface area (Å²) in [6, 6.07) is 13.2. The van der Waals surface area contributed by atoms with E-state index >= 15 is 0 Å². The number of carbonyl (C=O) groups is 3. The molecule has 1 fully saturated rings. The van der Waals surface area contributed by atoms with Gasteiger partial charge in [0.2, 0.25) is 5.91 Å². The molecule has 9 nitrogen and oxygen atoms in total. The summed E-state index contributed by atoms with van der Waals surface area (Å²) in [5.74, 6) is -1.33. The Hall–Kier alpha value is -4.11. The molecule has 0 saturated carbocycles. The molecule has 2 heterocycles. The number of nitro groups is 1. The first-order valence-corrected chi connectivity index (χ1v) is 11.7. The minimum atomic E-state index is -1.09. The predicted molar refractivity (Wildman–Crippen MR) is 134 cm³/mol. The zero-order valence-corrected chi connectivity index (χ0v) is 20.4. The summed E-state index contributed by atoms with van der Waals surface area (Å²) in [5, 5.41) is 11.2. The van der Waals surface area contributed by atoms with Gasteiger partial charge >= 0.3 is 0 Å². The van der Waals surface area contributed by atoms with E-state index in [0.717, 1.165) is 16.5 Å². The number of nitro benzene ring substituents is 1. The molecule has 1 unspecified atom stereocenters. The molecule has 3 aromatic rings. The number of hydrogen-bond donors (Lipinski definition) is 0. The summed E-state index contributed by atoms with van der Waals surface area (Å²) in [5.41, 5.74) is 1.67. The van der Waals surface area contributed by atoms with Gasteiger partial charge in [0.25, 0.3) is 17.5 Å². The van der Waals surface area contributed by atoms with E-state index < -0.39 is 34.4 Å². The quantitative estimate of drug-likeness (QED) is 0.260. The van der Waals surface area contributed by atoms with Crippen LogP contribution in [0.1, 0.15) is 47.7 Å². The van der Waals surface area contributed by atoms with Crippen molar-refractivity contribution in [3.63, 3.8) is 0 Å². The standard InChI is InChI=1S/C26H23ClN4O5/c1-16(2)18-5-8-20(9-6-18)30-24(32)13-23(26(30)34)29(15-17-4-3-11-28-14-17)25(33)19-7-10-21(27)22(12-19)31(35)36/h3-12,14,16,23H,13,15H2,1-2H3. The van der Waals surface area contributed by atoms with Crippen molar-refractivity contribution in [2.75, 3.05) is 4.90 Å². The van der Waals surface area contributed by atoms with E-state index in [4.69, 9.17) is 11.6 Å². The molecule has 1 aliphatic heterocycles. The van der Waals surface area contributed by atoms with Gasteiger partial charge in [-0.3, -0.25) is 29.5 Å². The van der Waals surface area contributed by atoms with Crippen LogP contribution in [0.25, 0.3) is 0 Å². The van der Waals surface area contributed by atoms with Gasteiger partial charge in [0.1, 0.15) is 11.1 Å². The Bertz CT molecular complexity index is 1330. The van der Waals surface area contributed by atoms with E-state index in [2.05, 4.69) is 4.98 Å². The van der Waals surface area contributed by atoms with E-state index in [9.17, 15) is 24.5 Å². The number of rotatable bonds is 7. The molecule has 4 rings (SSSR count). The second kappa shape index (κ2) is 10.2. The molecule has 2 aromatic carbocycles. The first-order chi connectivity index (χ1) is 17.2. The van der Waals surface area contributed by atoms with Gasteiger partial charge in [0.15, 0.2) is 0 Å². The highest BCUT2D eigenvalue weighted by Crippen LogP contribution is 2.31. The van der Waals surface area contributed by atoms with Gasteiger partial charge in [-0.25, -0.2) is 4.90 Å². The Labute approximate surface area is 212 Å². The fraction of sp³-hybridized carbons (Fsp3) is 0.231.